The molecule has 22 heavy (non-hydrogen) atoms. The van der Waals surface area contributed by atoms with Crippen LogP contribution in [-0.2, 0) is 9.53 Å². The molecular weight excluding hydrogens is 284 g/mol. The van der Waals surface area contributed by atoms with Gasteiger partial charge in [-0.3, -0.25) is 0 Å². The van der Waals surface area contributed by atoms with Crippen LogP contribution in [0.5, 0.6) is 5.75 Å². The van der Waals surface area contributed by atoms with Gasteiger partial charge in [0, 0.05) is 23.6 Å². The van der Waals surface area contributed by atoms with E-state index in [1.807, 2.05) is 19.1 Å². The Morgan fingerprint density at radius 3 is 2.82 bits per heavy atom. The molecule has 0 fully saturated rings. The number of rotatable bonds is 7. The van der Waals surface area contributed by atoms with Gasteiger partial charge >= 0.3 is 11.6 Å². The number of benzene rings is 1. The van der Waals surface area contributed by atoms with Crippen LogP contribution in [0.3, 0.4) is 0 Å². The summed E-state index contributed by atoms with van der Waals surface area (Å²) in [5.41, 5.74) is 1.02. The van der Waals surface area contributed by atoms with Crippen LogP contribution < -0.4 is 10.4 Å². The second-order valence-electron chi connectivity index (χ2n) is 4.83. The summed E-state index contributed by atoms with van der Waals surface area (Å²) in [5, 5.41) is 0.892. The van der Waals surface area contributed by atoms with Crippen LogP contribution >= 0.6 is 0 Å². The Morgan fingerprint density at radius 2 is 2.05 bits per heavy atom. The van der Waals surface area contributed by atoms with Gasteiger partial charge in [0.25, 0.3) is 0 Å². The minimum Gasteiger partial charge on any atom is -0.493 e. The SMILES string of the molecule is C=CC(=O)OCCCCOc1ccc2c(C)cc(=O)oc2c1. The molecule has 1 heterocycles. The van der Waals surface area contributed by atoms with Gasteiger partial charge in [-0.2, -0.15) is 0 Å². The van der Waals surface area contributed by atoms with Crippen LogP contribution in [0.25, 0.3) is 11.0 Å². The average molecular weight is 302 g/mol. The maximum absolute atomic E-state index is 11.4. The molecule has 0 aliphatic rings. The minimum atomic E-state index is -0.416. The monoisotopic (exact) mass is 302 g/mol. The molecule has 0 bridgehead atoms. The zero-order valence-corrected chi connectivity index (χ0v) is 12.5. The van der Waals surface area contributed by atoms with E-state index in [-0.39, 0.29) is 5.63 Å². The Morgan fingerprint density at radius 1 is 1.27 bits per heavy atom. The number of ether oxygens (including phenoxy) is 2. The van der Waals surface area contributed by atoms with Crippen LogP contribution in [0, 0.1) is 6.92 Å². The Bertz CT molecular complexity index is 729. The molecular formula is C17H18O5. The highest BCUT2D eigenvalue weighted by Gasteiger charge is 2.04. The molecule has 0 radical (unpaired) electrons. The van der Waals surface area contributed by atoms with E-state index in [4.69, 9.17) is 13.9 Å². The molecule has 0 N–H and O–H groups in total. The van der Waals surface area contributed by atoms with E-state index in [0.717, 1.165) is 23.4 Å². The fourth-order valence-electron chi connectivity index (χ4n) is 2.02. The van der Waals surface area contributed by atoms with Crippen LogP contribution in [0.1, 0.15) is 18.4 Å². The van der Waals surface area contributed by atoms with Crippen molar-refractivity contribution in [2.75, 3.05) is 13.2 Å². The van der Waals surface area contributed by atoms with Gasteiger partial charge in [-0.05, 0) is 37.5 Å². The Balaban J connectivity index is 1.86. The van der Waals surface area contributed by atoms with E-state index in [9.17, 15) is 9.59 Å². The number of unbranched alkanes of at least 4 members (excludes halogenated alkanes) is 1. The number of carbonyl (C=O) groups excluding carboxylic acids is 1. The van der Waals surface area contributed by atoms with Crippen LogP contribution in [0.4, 0.5) is 0 Å². The van der Waals surface area contributed by atoms with Crippen molar-refractivity contribution < 1.29 is 18.7 Å². The Labute approximate surface area is 128 Å². The van der Waals surface area contributed by atoms with E-state index in [2.05, 4.69) is 6.58 Å². The minimum absolute atomic E-state index is 0.347. The van der Waals surface area contributed by atoms with E-state index in [0.29, 0.717) is 31.0 Å². The lowest BCUT2D eigenvalue weighted by atomic mass is 10.1. The number of esters is 1. The van der Waals surface area contributed by atoms with Crippen molar-refractivity contribution in [2.24, 2.45) is 0 Å². The molecule has 5 heteroatoms. The normalized spacial score (nSPS) is 10.4. The van der Waals surface area contributed by atoms with Crippen molar-refractivity contribution in [1.82, 2.24) is 0 Å². The second-order valence-corrected chi connectivity index (χ2v) is 4.83. The van der Waals surface area contributed by atoms with Gasteiger partial charge in [0.1, 0.15) is 11.3 Å². The maximum atomic E-state index is 11.4. The first-order valence-corrected chi connectivity index (χ1v) is 7.06. The number of hydrogen-bond donors (Lipinski definition) is 0. The lowest BCUT2D eigenvalue weighted by Crippen LogP contribution is -2.04. The average Bonchev–Trinajstić information content (AvgIpc) is 2.49. The van der Waals surface area contributed by atoms with E-state index in [1.165, 1.54) is 6.07 Å². The molecule has 1 aromatic heterocycles. The molecule has 0 unspecified atom stereocenters. The number of fused-ring (bicyclic) bond motifs is 1. The molecule has 0 aliphatic carbocycles. The molecule has 2 aromatic rings. The summed E-state index contributed by atoms with van der Waals surface area (Å²) >= 11 is 0. The molecule has 1 aromatic carbocycles. The third-order valence-corrected chi connectivity index (χ3v) is 3.14. The van der Waals surface area contributed by atoms with Gasteiger partial charge in [0.2, 0.25) is 0 Å². The third kappa shape index (κ3) is 4.22. The summed E-state index contributed by atoms with van der Waals surface area (Å²) in [6.45, 7) is 6.03. The third-order valence-electron chi connectivity index (χ3n) is 3.14. The summed E-state index contributed by atoms with van der Waals surface area (Å²) in [5.74, 6) is 0.227. The Kier molecular flexibility index (Phi) is 5.36. The highest BCUT2D eigenvalue weighted by molar-refractivity contribution is 5.81. The van der Waals surface area contributed by atoms with E-state index in [1.54, 1.807) is 6.07 Å². The lowest BCUT2D eigenvalue weighted by Gasteiger charge is -2.07. The molecule has 116 valence electrons. The standard InChI is InChI=1S/C17H18O5/c1-3-16(18)21-9-5-4-8-20-13-6-7-14-12(2)10-17(19)22-15(14)11-13/h3,6-7,10-11H,1,4-5,8-9H2,2H3. The van der Waals surface area contributed by atoms with Gasteiger partial charge in [-0.25, -0.2) is 9.59 Å². The van der Waals surface area contributed by atoms with Gasteiger partial charge in [-0.1, -0.05) is 6.58 Å². The summed E-state index contributed by atoms with van der Waals surface area (Å²) in [7, 11) is 0. The van der Waals surface area contributed by atoms with Crippen LogP contribution in [0.15, 0.2) is 46.1 Å². The number of hydrogen-bond acceptors (Lipinski definition) is 5. The fourth-order valence-corrected chi connectivity index (χ4v) is 2.02. The van der Waals surface area contributed by atoms with Gasteiger partial charge in [0.15, 0.2) is 0 Å². The first kappa shape index (κ1) is 15.8. The van der Waals surface area contributed by atoms with Gasteiger partial charge in [0.05, 0.1) is 13.2 Å². The molecule has 5 nitrogen and oxygen atoms in total. The predicted octanol–water partition coefficient (Wildman–Crippen LogP) is 2.99. The second kappa shape index (κ2) is 7.45. The maximum Gasteiger partial charge on any atom is 0.336 e. The van der Waals surface area contributed by atoms with Crippen LogP contribution in [0.2, 0.25) is 0 Å². The number of carbonyl (C=O) groups is 1. The highest BCUT2D eigenvalue weighted by atomic mass is 16.5. The molecule has 0 saturated heterocycles. The summed E-state index contributed by atoms with van der Waals surface area (Å²) in [6, 6.07) is 6.89. The topological polar surface area (TPSA) is 65.7 Å². The summed E-state index contributed by atoms with van der Waals surface area (Å²) in [6.07, 6.45) is 2.60. The Hall–Kier alpha value is -2.56. The van der Waals surface area contributed by atoms with Gasteiger partial charge in [-0.15, -0.1) is 0 Å². The number of aryl methyl sites for hydroxylation is 1. The molecule has 0 spiro atoms. The first-order valence-electron chi connectivity index (χ1n) is 7.06. The van der Waals surface area contributed by atoms with Crippen molar-refractivity contribution >= 4 is 16.9 Å². The molecule has 0 amide bonds. The van der Waals surface area contributed by atoms with Crippen LogP contribution in [-0.4, -0.2) is 19.2 Å². The predicted molar refractivity (Wildman–Crippen MR) is 83.1 cm³/mol. The van der Waals surface area contributed by atoms with Crippen molar-refractivity contribution in [3.05, 3.63) is 52.9 Å². The molecule has 0 saturated carbocycles. The molecule has 2 rings (SSSR count). The zero-order chi connectivity index (χ0) is 15.9. The lowest BCUT2D eigenvalue weighted by molar-refractivity contribution is -0.137. The van der Waals surface area contributed by atoms with Crippen molar-refractivity contribution in [3.63, 3.8) is 0 Å². The zero-order valence-electron chi connectivity index (χ0n) is 12.5. The largest absolute Gasteiger partial charge is 0.493 e. The van der Waals surface area contributed by atoms with Crippen molar-refractivity contribution in [1.29, 1.82) is 0 Å². The molecule has 0 aliphatic heterocycles. The quantitative estimate of drug-likeness (QED) is 0.340. The van der Waals surface area contributed by atoms with Crippen molar-refractivity contribution in [2.45, 2.75) is 19.8 Å². The smallest absolute Gasteiger partial charge is 0.336 e. The summed E-state index contributed by atoms with van der Waals surface area (Å²) in [4.78, 5) is 22.2. The first-order chi connectivity index (χ1) is 10.6. The fraction of sp³-hybridized carbons (Fsp3) is 0.294. The highest BCUT2D eigenvalue weighted by Crippen LogP contribution is 2.22. The van der Waals surface area contributed by atoms with E-state index < -0.39 is 5.97 Å². The van der Waals surface area contributed by atoms with Crippen molar-refractivity contribution in [3.8, 4) is 5.75 Å². The molecule has 0 atom stereocenters. The van der Waals surface area contributed by atoms with Gasteiger partial charge < -0.3 is 13.9 Å². The van der Waals surface area contributed by atoms with E-state index >= 15 is 0 Å². The summed E-state index contributed by atoms with van der Waals surface area (Å²) < 4.78 is 15.6.